The second kappa shape index (κ2) is 4.94. The summed E-state index contributed by atoms with van der Waals surface area (Å²) in [5, 5.41) is 6.82. The molecule has 1 amide bonds. The number of hydrogen-bond acceptors (Lipinski definition) is 2. The minimum Gasteiger partial charge on any atom is -0.348 e. The third-order valence-corrected chi connectivity index (χ3v) is 4.91. The van der Waals surface area contributed by atoms with Crippen molar-refractivity contribution in [2.75, 3.05) is 6.54 Å². The van der Waals surface area contributed by atoms with Gasteiger partial charge in [0.1, 0.15) is 5.69 Å². The Balaban J connectivity index is 1.64. The van der Waals surface area contributed by atoms with Crippen molar-refractivity contribution in [2.45, 2.75) is 43.7 Å². The molecule has 19 heavy (non-hydrogen) atoms. The molecule has 0 radical (unpaired) electrons. The van der Waals surface area contributed by atoms with Crippen LogP contribution in [0.3, 0.4) is 0 Å². The fraction of sp³-hybridized carbons (Fsp3) is 0.643. The Bertz CT molecular complexity index is 493. The van der Waals surface area contributed by atoms with Gasteiger partial charge >= 0.3 is 0 Å². The quantitative estimate of drug-likeness (QED) is 0.875. The zero-order chi connectivity index (χ0) is 13.5. The van der Waals surface area contributed by atoms with Crippen molar-refractivity contribution in [3.8, 4) is 0 Å². The van der Waals surface area contributed by atoms with Crippen molar-refractivity contribution in [2.24, 2.45) is 7.05 Å². The third kappa shape index (κ3) is 2.58. The van der Waals surface area contributed by atoms with E-state index in [0.29, 0.717) is 17.3 Å². The molecule has 2 aliphatic rings. The Morgan fingerprint density at radius 2 is 2.37 bits per heavy atom. The molecule has 1 saturated heterocycles. The number of carbonyl (C=O) groups excluding carboxylic acids is 1. The lowest BCUT2D eigenvalue weighted by atomic mass is 9.70. The summed E-state index contributed by atoms with van der Waals surface area (Å²) in [6, 6.07) is 2.18. The van der Waals surface area contributed by atoms with E-state index in [4.69, 9.17) is 0 Å². The molecule has 2 fully saturated rings. The first-order valence-corrected chi connectivity index (χ1v) is 7.75. The highest BCUT2D eigenvalue weighted by Gasteiger charge is 2.41. The van der Waals surface area contributed by atoms with Gasteiger partial charge in [0.15, 0.2) is 0 Å². The maximum absolute atomic E-state index is 12.3. The third-order valence-electron chi connectivity index (χ3n) is 4.48. The molecule has 5 heteroatoms. The van der Waals surface area contributed by atoms with E-state index in [-0.39, 0.29) is 5.91 Å². The van der Waals surface area contributed by atoms with Gasteiger partial charge in [-0.3, -0.25) is 4.79 Å². The minimum absolute atomic E-state index is 0.0366. The van der Waals surface area contributed by atoms with E-state index in [2.05, 4.69) is 26.6 Å². The van der Waals surface area contributed by atoms with Crippen molar-refractivity contribution in [3.05, 3.63) is 22.4 Å². The Morgan fingerprint density at radius 3 is 2.95 bits per heavy atom. The van der Waals surface area contributed by atoms with Crippen molar-refractivity contribution in [3.63, 3.8) is 0 Å². The summed E-state index contributed by atoms with van der Waals surface area (Å²) in [6.45, 7) is 1.02. The second-order valence-corrected chi connectivity index (χ2v) is 6.79. The van der Waals surface area contributed by atoms with Crippen molar-refractivity contribution >= 4 is 21.8 Å². The number of amides is 1. The van der Waals surface area contributed by atoms with Crippen LogP contribution < -0.4 is 10.6 Å². The van der Waals surface area contributed by atoms with Gasteiger partial charge < -0.3 is 15.2 Å². The number of nitrogens with one attached hydrogen (secondary N) is 2. The first-order chi connectivity index (χ1) is 9.08. The molecule has 1 unspecified atom stereocenters. The smallest absolute Gasteiger partial charge is 0.268 e. The van der Waals surface area contributed by atoms with Crippen LogP contribution in [0, 0.1) is 0 Å². The van der Waals surface area contributed by atoms with Crippen LogP contribution in [0.5, 0.6) is 0 Å². The maximum Gasteiger partial charge on any atom is 0.268 e. The molecule has 3 rings (SSSR count). The first kappa shape index (κ1) is 13.2. The van der Waals surface area contributed by atoms with E-state index in [1.54, 1.807) is 0 Å². The molecule has 104 valence electrons. The van der Waals surface area contributed by atoms with Crippen molar-refractivity contribution in [1.82, 2.24) is 15.2 Å². The molecule has 2 heterocycles. The molecule has 1 spiro atoms. The Hall–Kier alpha value is -0.810. The van der Waals surface area contributed by atoms with Crippen LogP contribution in [0.25, 0.3) is 0 Å². The number of carbonyl (C=O) groups is 1. The SMILES string of the molecule is Cn1cc(Br)cc1C(=O)NC1CCNC2(CCC2)C1. The number of aryl methyl sites for hydroxylation is 1. The lowest BCUT2D eigenvalue weighted by Gasteiger charge is -2.48. The minimum atomic E-state index is 0.0366. The van der Waals surface area contributed by atoms with Gasteiger partial charge in [0.05, 0.1) is 0 Å². The zero-order valence-corrected chi connectivity index (χ0v) is 12.8. The fourth-order valence-electron chi connectivity index (χ4n) is 3.27. The van der Waals surface area contributed by atoms with E-state index in [0.717, 1.165) is 23.9 Å². The van der Waals surface area contributed by atoms with Gasteiger partial charge in [0, 0.05) is 29.3 Å². The fourth-order valence-corrected chi connectivity index (χ4v) is 3.80. The topological polar surface area (TPSA) is 46.1 Å². The van der Waals surface area contributed by atoms with Crippen LogP contribution in [-0.2, 0) is 7.05 Å². The van der Waals surface area contributed by atoms with Gasteiger partial charge in [-0.25, -0.2) is 0 Å². The number of hydrogen-bond donors (Lipinski definition) is 2. The van der Waals surface area contributed by atoms with Crippen LogP contribution in [-0.4, -0.2) is 28.6 Å². The Labute approximate surface area is 122 Å². The molecule has 1 atom stereocenters. The van der Waals surface area contributed by atoms with Crippen molar-refractivity contribution < 1.29 is 4.79 Å². The predicted molar refractivity (Wildman–Crippen MR) is 78.2 cm³/mol. The number of nitrogens with zero attached hydrogens (tertiary/aromatic N) is 1. The Morgan fingerprint density at radius 1 is 1.58 bits per heavy atom. The molecule has 4 nitrogen and oxygen atoms in total. The molecule has 1 aliphatic carbocycles. The molecular weight excluding hydrogens is 306 g/mol. The second-order valence-electron chi connectivity index (χ2n) is 5.88. The highest BCUT2D eigenvalue weighted by atomic mass is 79.9. The molecule has 0 aromatic carbocycles. The van der Waals surface area contributed by atoms with E-state index >= 15 is 0 Å². The van der Waals surface area contributed by atoms with Crippen LogP contribution in [0.15, 0.2) is 16.7 Å². The van der Waals surface area contributed by atoms with Crippen LogP contribution >= 0.6 is 15.9 Å². The highest BCUT2D eigenvalue weighted by Crippen LogP contribution is 2.38. The number of piperidine rings is 1. The average Bonchev–Trinajstić information content (AvgIpc) is 2.67. The molecule has 1 aromatic rings. The Kier molecular flexibility index (Phi) is 3.43. The zero-order valence-electron chi connectivity index (χ0n) is 11.2. The molecular formula is C14H20BrN3O. The normalized spacial score (nSPS) is 25.1. The number of rotatable bonds is 2. The van der Waals surface area contributed by atoms with Gasteiger partial charge in [0.2, 0.25) is 0 Å². The highest BCUT2D eigenvalue weighted by molar-refractivity contribution is 9.10. The van der Waals surface area contributed by atoms with Crippen molar-refractivity contribution in [1.29, 1.82) is 0 Å². The molecule has 1 aromatic heterocycles. The van der Waals surface area contributed by atoms with Crippen LogP contribution in [0.4, 0.5) is 0 Å². The molecule has 1 saturated carbocycles. The lowest BCUT2D eigenvalue weighted by Crippen LogP contribution is -2.59. The number of halogens is 1. The van der Waals surface area contributed by atoms with Gasteiger partial charge in [-0.1, -0.05) is 0 Å². The monoisotopic (exact) mass is 325 g/mol. The summed E-state index contributed by atoms with van der Waals surface area (Å²) in [5.74, 6) is 0.0366. The molecule has 1 aliphatic heterocycles. The summed E-state index contributed by atoms with van der Waals surface area (Å²) in [5.41, 5.74) is 1.04. The van der Waals surface area contributed by atoms with Gasteiger partial charge in [-0.05, 0) is 60.6 Å². The standard InChI is InChI=1S/C14H20BrN3O/c1-18-9-10(15)7-12(18)13(19)17-11-3-6-16-14(8-11)4-2-5-14/h7,9,11,16H,2-6,8H2,1H3,(H,17,19). The van der Waals surface area contributed by atoms with E-state index in [1.165, 1.54) is 19.3 Å². The van der Waals surface area contributed by atoms with Crippen LogP contribution in [0.2, 0.25) is 0 Å². The summed E-state index contributed by atoms with van der Waals surface area (Å²) in [6.07, 6.45) is 7.84. The summed E-state index contributed by atoms with van der Waals surface area (Å²) in [4.78, 5) is 12.3. The van der Waals surface area contributed by atoms with E-state index < -0.39 is 0 Å². The summed E-state index contributed by atoms with van der Waals surface area (Å²) in [7, 11) is 1.90. The van der Waals surface area contributed by atoms with Gasteiger partial charge in [0.25, 0.3) is 5.91 Å². The summed E-state index contributed by atoms with van der Waals surface area (Å²) >= 11 is 3.40. The maximum atomic E-state index is 12.3. The van der Waals surface area contributed by atoms with Gasteiger partial charge in [-0.2, -0.15) is 0 Å². The van der Waals surface area contributed by atoms with E-state index in [1.807, 2.05) is 23.9 Å². The molecule has 0 bridgehead atoms. The summed E-state index contributed by atoms with van der Waals surface area (Å²) < 4.78 is 2.81. The van der Waals surface area contributed by atoms with E-state index in [9.17, 15) is 4.79 Å². The first-order valence-electron chi connectivity index (χ1n) is 6.96. The van der Waals surface area contributed by atoms with Crippen LogP contribution in [0.1, 0.15) is 42.6 Å². The van der Waals surface area contributed by atoms with Gasteiger partial charge in [-0.15, -0.1) is 0 Å². The molecule has 2 N–H and O–H groups in total. The number of aromatic nitrogens is 1. The average molecular weight is 326 g/mol. The largest absolute Gasteiger partial charge is 0.348 e. The predicted octanol–water partition coefficient (Wildman–Crippen LogP) is 2.19. The lowest BCUT2D eigenvalue weighted by molar-refractivity contribution is 0.0845.